The molecule has 0 saturated heterocycles. The minimum atomic E-state index is -0.516. The van der Waals surface area contributed by atoms with E-state index >= 15 is 0 Å². The number of nitro groups is 1. The highest BCUT2D eigenvalue weighted by atomic mass is 16.6. The van der Waals surface area contributed by atoms with Crippen LogP contribution in [0.2, 0.25) is 0 Å². The van der Waals surface area contributed by atoms with Gasteiger partial charge in [-0.25, -0.2) is 0 Å². The number of benzene rings is 3. The van der Waals surface area contributed by atoms with Gasteiger partial charge in [0.2, 0.25) is 0 Å². The maximum atomic E-state index is 12.3. The summed E-state index contributed by atoms with van der Waals surface area (Å²) in [6.45, 7) is 3.19. The highest BCUT2D eigenvalue weighted by Crippen LogP contribution is 2.29. The first-order valence-corrected chi connectivity index (χ1v) is 9.16. The zero-order valence-electron chi connectivity index (χ0n) is 16.5. The Morgan fingerprint density at radius 3 is 2.23 bits per heavy atom. The van der Waals surface area contributed by atoms with Crippen LogP contribution in [0.25, 0.3) is 11.1 Å². The van der Waals surface area contributed by atoms with Gasteiger partial charge in [-0.3, -0.25) is 14.9 Å². The van der Waals surface area contributed by atoms with Crippen molar-refractivity contribution in [1.29, 1.82) is 5.26 Å². The first kappa shape index (κ1) is 20.6. The number of carbonyl (C=O) groups is 1. The lowest BCUT2D eigenvalue weighted by molar-refractivity contribution is -0.384. The molecule has 0 atom stereocenters. The molecule has 7 nitrogen and oxygen atoms in total. The predicted molar refractivity (Wildman–Crippen MR) is 113 cm³/mol. The second-order valence-electron chi connectivity index (χ2n) is 6.78. The molecule has 0 aliphatic heterocycles. The first-order chi connectivity index (χ1) is 14.4. The Morgan fingerprint density at radius 2 is 1.67 bits per heavy atom. The molecule has 0 aliphatic carbocycles. The highest BCUT2D eigenvalue weighted by Gasteiger charge is 2.19. The Morgan fingerprint density at radius 1 is 1.07 bits per heavy atom. The number of anilines is 1. The van der Waals surface area contributed by atoms with E-state index in [0.29, 0.717) is 16.9 Å². The van der Waals surface area contributed by atoms with E-state index in [-0.39, 0.29) is 18.0 Å². The number of rotatable bonds is 6. The number of amides is 1. The standard InChI is InChI=1S/C23H19N3O4/c1-15-11-16(2)23(21(12-15)26(28)29)25-22(27)14-30-20-9-7-19(8-10-20)18-5-3-17(13-24)4-6-18/h3-12H,14H2,1-2H3,(H,25,27). The molecular weight excluding hydrogens is 382 g/mol. The molecule has 0 aromatic heterocycles. The van der Waals surface area contributed by atoms with Crippen LogP contribution >= 0.6 is 0 Å². The van der Waals surface area contributed by atoms with Gasteiger partial charge in [0.25, 0.3) is 11.6 Å². The number of ether oxygens (including phenoxy) is 1. The number of hydrogen-bond acceptors (Lipinski definition) is 5. The molecule has 1 N–H and O–H groups in total. The number of carbonyl (C=O) groups excluding carboxylic acids is 1. The zero-order chi connectivity index (χ0) is 21.7. The molecule has 3 aromatic rings. The van der Waals surface area contributed by atoms with Gasteiger partial charge in [-0.15, -0.1) is 0 Å². The number of nitriles is 1. The molecule has 0 unspecified atom stereocenters. The van der Waals surface area contributed by atoms with Crippen molar-refractivity contribution in [2.75, 3.05) is 11.9 Å². The monoisotopic (exact) mass is 401 g/mol. The van der Waals surface area contributed by atoms with Crippen LogP contribution in [0.1, 0.15) is 16.7 Å². The molecule has 150 valence electrons. The number of nitrogens with zero attached hydrogens (tertiary/aromatic N) is 2. The quantitative estimate of drug-likeness (QED) is 0.473. The van der Waals surface area contributed by atoms with E-state index < -0.39 is 10.8 Å². The van der Waals surface area contributed by atoms with E-state index in [9.17, 15) is 14.9 Å². The van der Waals surface area contributed by atoms with Gasteiger partial charge in [0.15, 0.2) is 6.61 Å². The van der Waals surface area contributed by atoms with E-state index in [2.05, 4.69) is 11.4 Å². The molecule has 3 rings (SSSR count). The van der Waals surface area contributed by atoms with Crippen molar-refractivity contribution in [2.45, 2.75) is 13.8 Å². The van der Waals surface area contributed by atoms with Gasteiger partial charge in [0, 0.05) is 6.07 Å². The van der Waals surface area contributed by atoms with Crippen molar-refractivity contribution in [3.05, 3.63) is 87.5 Å². The first-order valence-electron chi connectivity index (χ1n) is 9.16. The molecule has 3 aromatic carbocycles. The van der Waals surface area contributed by atoms with E-state index in [4.69, 9.17) is 10.00 Å². The van der Waals surface area contributed by atoms with E-state index in [1.807, 2.05) is 24.3 Å². The average molecular weight is 401 g/mol. The fourth-order valence-electron chi connectivity index (χ4n) is 3.06. The van der Waals surface area contributed by atoms with E-state index in [0.717, 1.165) is 16.7 Å². The smallest absolute Gasteiger partial charge is 0.293 e. The Kier molecular flexibility index (Phi) is 6.08. The summed E-state index contributed by atoms with van der Waals surface area (Å²) in [5, 5.41) is 22.7. The van der Waals surface area contributed by atoms with Gasteiger partial charge in [0.05, 0.1) is 16.6 Å². The third kappa shape index (κ3) is 4.80. The van der Waals surface area contributed by atoms with Crippen molar-refractivity contribution in [3.63, 3.8) is 0 Å². The van der Waals surface area contributed by atoms with Crippen LogP contribution in [0.4, 0.5) is 11.4 Å². The van der Waals surface area contributed by atoms with Crippen molar-refractivity contribution < 1.29 is 14.5 Å². The summed E-state index contributed by atoms with van der Waals surface area (Å²) in [4.78, 5) is 23.0. The van der Waals surface area contributed by atoms with Gasteiger partial charge < -0.3 is 10.1 Å². The summed E-state index contributed by atoms with van der Waals surface area (Å²) in [6, 6.07) is 19.7. The summed E-state index contributed by atoms with van der Waals surface area (Å²) in [5.41, 5.74) is 3.89. The van der Waals surface area contributed by atoms with Gasteiger partial charge >= 0.3 is 0 Å². The van der Waals surface area contributed by atoms with Gasteiger partial charge in [-0.1, -0.05) is 30.3 Å². The summed E-state index contributed by atoms with van der Waals surface area (Å²) in [5.74, 6) is 0.0129. The Labute approximate surface area is 173 Å². The van der Waals surface area contributed by atoms with Crippen LogP contribution in [0.3, 0.4) is 0 Å². The van der Waals surface area contributed by atoms with Crippen LogP contribution in [-0.4, -0.2) is 17.4 Å². The topological polar surface area (TPSA) is 105 Å². The summed E-state index contributed by atoms with van der Waals surface area (Å²) < 4.78 is 5.51. The van der Waals surface area contributed by atoms with Crippen molar-refractivity contribution in [1.82, 2.24) is 0 Å². The van der Waals surface area contributed by atoms with Gasteiger partial charge in [-0.05, 0) is 60.4 Å². The number of nitro benzene ring substituents is 1. The normalized spacial score (nSPS) is 10.2. The van der Waals surface area contributed by atoms with Crippen LogP contribution in [0.5, 0.6) is 5.75 Å². The van der Waals surface area contributed by atoms with Crippen LogP contribution in [-0.2, 0) is 4.79 Å². The fraction of sp³-hybridized carbons (Fsp3) is 0.130. The lowest BCUT2D eigenvalue weighted by Gasteiger charge is -2.11. The fourth-order valence-corrected chi connectivity index (χ4v) is 3.06. The van der Waals surface area contributed by atoms with Gasteiger partial charge in [0.1, 0.15) is 11.4 Å². The molecule has 0 saturated carbocycles. The lowest BCUT2D eigenvalue weighted by Crippen LogP contribution is -2.21. The van der Waals surface area contributed by atoms with Crippen LogP contribution < -0.4 is 10.1 Å². The highest BCUT2D eigenvalue weighted by molar-refractivity contribution is 5.95. The molecule has 1 amide bonds. The molecule has 0 heterocycles. The molecule has 0 bridgehead atoms. The number of aryl methyl sites for hydroxylation is 2. The van der Waals surface area contributed by atoms with Crippen LogP contribution in [0.15, 0.2) is 60.7 Å². The Bertz CT molecular complexity index is 1130. The number of hydrogen-bond donors (Lipinski definition) is 1. The second kappa shape index (κ2) is 8.88. The summed E-state index contributed by atoms with van der Waals surface area (Å²) in [7, 11) is 0. The van der Waals surface area contributed by atoms with Crippen molar-refractivity contribution in [2.24, 2.45) is 0 Å². The molecule has 0 spiro atoms. The van der Waals surface area contributed by atoms with Gasteiger partial charge in [-0.2, -0.15) is 5.26 Å². The Balaban J connectivity index is 1.64. The average Bonchev–Trinajstić information content (AvgIpc) is 2.74. The summed E-state index contributed by atoms with van der Waals surface area (Å²) in [6.07, 6.45) is 0. The third-order valence-corrected chi connectivity index (χ3v) is 4.49. The molecule has 7 heteroatoms. The van der Waals surface area contributed by atoms with Crippen molar-refractivity contribution in [3.8, 4) is 22.9 Å². The SMILES string of the molecule is Cc1cc(C)c(NC(=O)COc2ccc(-c3ccc(C#N)cc3)cc2)c([N+](=O)[O-])c1. The molecule has 30 heavy (non-hydrogen) atoms. The minimum absolute atomic E-state index is 0.146. The lowest BCUT2D eigenvalue weighted by atomic mass is 10.0. The largest absolute Gasteiger partial charge is 0.484 e. The molecule has 0 fully saturated rings. The molecule has 0 radical (unpaired) electrons. The minimum Gasteiger partial charge on any atom is -0.484 e. The summed E-state index contributed by atoms with van der Waals surface area (Å²) >= 11 is 0. The number of nitrogens with one attached hydrogen (secondary N) is 1. The molecule has 0 aliphatic rings. The molecular formula is C23H19N3O4. The Hall–Kier alpha value is -4.18. The maximum absolute atomic E-state index is 12.3. The van der Waals surface area contributed by atoms with E-state index in [1.165, 1.54) is 6.07 Å². The zero-order valence-corrected chi connectivity index (χ0v) is 16.5. The van der Waals surface area contributed by atoms with Crippen molar-refractivity contribution >= 4 is 17.3 Å². The maximum Gasteiger partial charge on any atom is 0.293 e. The van der Waals surface area contributed by atoms with E-state index in [1.54, 1.807) is 44.2 Å². The second-order valence-corrected chi connectivity index (χ2v) is 6.78. The predicted octanol–water partition coefficient (Wildman–Crippen LogP) is 4.77. The third-order valence-electron chi connectivity index (χ3n) is 4.49. The van der Waals surface area contributed by atoms with Crippen LogP contribution in [0, 0.1) is 35.3 Å².